The SMILES string of the molecule is CN(CCO)S(=O)(=O)C(F)(F)C(F)(F)C(F)(F)C(F)(F)C(F)(F)C(F)(F)F.OCCO. The molecule has 3 N–H and O–H groups in total. The molecule has 0 spiro atoms. The van der Waals surface area contributed by atoms with Crippen molar-refractivity contribution in [2.75, 3.05) is 33.4 Å². The molecule has 0 saturated heterocycles. The van der Waals surface area contributed by atoms with Crippen LogP contribution in [-0.4, -0.2) is 96.6 Å². The van der Waals surface area contributed by atoms with Gasteiger partial charge in [0.1, 0.15) is 0 Å². The van der Waals surface area contributed by atoms with Crippen LogP contribution < -0.4 is 0 Å². The molecule has 0 atom stereocenters. The van der Waals surface area contributed by atoms with Gasteiger partial charge in [-0.3, -0.25) is 0 Å². The van der Waals surface area contributed by atoms with Crippen LogP contribution in [-0.2, 0) is 10.0 Å². The average Bonchev–Trinajstić information content (AvgIpc) is 2.60. The van der Waals surface area contributed by atoms with E-state index in [2.05, 4.69) is 0 Å². The van der Waals surface area contributed by atoms with Crippen LogP contribution in [0.3, 0.4) is 0 Å². The average molecular weight is 519 g/mol. The van der Waals surface area contributed by atoms with Gasteiger partial charge in [0, 0.05) is 13.6 Å². The van der Waals surface area contributed by atoms with Crippen molar-refractivity contribution in [3.8, 4) is 0 Å². The van der Waals surface area contributed by atoms with E-state index in [1.807, 2.05) is 0 Å². The standard InChI is InChI=1S/C9H8F13NO3S.C2H6O2/c1-23(2-3-24)27(25,26)9(21,22)7(16,17)5(12,13)4(10,11)6(14,15)8(18,19)20;3-1-2-4/h24H,2-3H2,1H3;3-4H,1-2H2. The first-order valence-corrected chi connectivity index (χ1v) is 8.58. The van der Waals surface area contributed by atoms with Crippen molar-refractivity contribution in [1.82, 2.24) is 4.31 Å². The third kappa shape index (κ3) is 5.28. The van der Waals surface area contributed by atoms with Crippen LogP contribution in [0, 0.1) is 0 Å². The third-order valence-corrected chi connectivity index (χ3v) is 5.06. The van der Waals surface area contributed by atoms with Gasteiger partial charge >= 0.3 is 35.1 Å². The summed E-state index contributed by atoms with van der Waals surface area (Å²) in [5.74, 6) is -32.3. The van der Waals surface area contributed by atoms with Crippen LogP contribution >= 0.6 is 0 Å². The zero-order chi connectivity index (χ0) is 25.9. The summed E-state index contributed by atoms with van der Waals surface area (Å²) in [5, 5.41) is 16.3. The fourth-order valence-electron chi connectivity index (χ4n) is 1.37. The first-order chi connectivity index (χ1) is 13.4. The lowest BCUT2D eigenvalue weighted by atomic mass is 9.98. The molecule has 0 radical (unpaired) electrons. The molecule has 0 heterocycles. The van der Waals surface area contributed by atoms with Crippen LogP contribution in [0.2, 0.25) is 0 Å². The van der Waals surface area contributed by atoms with Gasteiger partial charge in [0.15, 0.2) is 0 Å². The van der Waals surface area contributed by atoms with Crippen LogP contribution in [0.1, 0.15) is 0 Å². The Bertz CT molecular complexity index is 678. The number of hydrogen-bond acceptors (Lipinski definition) is 5. The van der Waals surface area contributed by atoms with Gasteiger partial charge in [0.25, 0.3) is 10.0 Å². The molecule has 0 aromatic carbocycles. The Kier molecular flexibility index (Phi) is 10.1. The van der Waals surface area contributed by atoms with Crippen LogP contribution in [0.5, 0.6) is 0 Å². The quantitative estimate of drug-likeness (QED) is 0.405. The maximum atomic E-state index is 13.5. The van der Waals surface area contributed by atoms with E-state index in [0.717, 1.165) is 0 Å². The Morgan fingerprint density at radius 2 is 0.935 bits per heavy atom. The predicted octanol–water partition coefficient (Wildman–Crippen LogP) is 1.91. The molecular weight excluding hydrogens is 505 g/mol. The van der Waals surface area contributed by atoms with Crippen LogP contribution in [0.25, 0.3) is 0 Å². The Balaban J connectivity index is 0. The number of alkyl halides is 13. The molecule has 0 bridgehead atoms. The second-order valence-electron chi connectivity index (χ2n) is 5.31. The topological polar surface area (TPSA) is 98.1 Å². The molecule has 0 saturated carbocycles. The Morgan fingerprint density at radius 1 is 0.613 bits per heavy atom. The molecule has 0 aromatic heterocycles. The van der Waals surface area contributed by atoms with Gasteiger partial charge in [-0.25, -0.2) is 8.42 Å². The number of sulfonamides is 1. The first-order valence-electron chi connectivity index (χ1n) is 7.14. The monoisotopic (exact) mass is 519 g/mol. The number of aliphatic hydroxyl groups is 3. The molecule has 0 aliphatic carbocycles. The third-order valence-electron chi connectivity index (χ3n) is 3.15. The number of aliphatic hydroxyl groups excluding tert-OH is 3. The molecule has 6 nitrogen and oxygen atoms in total. The summed E-state index contributed by atoms with van der Waals surface area (Å²) < 4.78 is 188. The minimum Gasteiger partial charge on any atom is -0.395 e. The molecule has 0 aliphatic rings. The van der Waals surface area contributed by atoms with Crippen molar-refractivity contribution >= 4 is 10.0 Å². The molecule has 190 valence electrons. The molecule has 20 heteroatoms. The number of nitrogens with zero attached hydrogens (tertiary/aromatic N) is 1. The summed E-state index contributed by atoms with van der Waals surface area (Å²) in [7, 11) is -7.05. The summed E-state index contributed by atoms with van der Waals surface area (Å²) >= 11 is 0. The zero-order valence-corrected chi connectivity index (χ0v) is 15.6. The van der Waals surface area contributed by atoms with E-state index in [0.29, 0.717) is 0 Å². The lowest BCUT2D eigenvalue weighted by Crippen LogP contribution is -2.71. The maximum absolute atomic E-state index is 13.5. The van der Waals surface area contributed by atoms with E-state index in [-0.39, 0.29) is 20.3 Å². The smallest absolute Gasteiger partial charge is 0.395 e. The summed E-state index contributed by atoms with van der Waals surface area (Å²) in [6, 6.07) is 0. The minimum absolute atomic E-state index is 0.0177. The van der Waals surface area contributed by atoms with Gasteiger partial charge < -0.3 is 15.3 Å². The Labute approximate surface area is 164 Å². The maximum Gasteiger partial charge on any atom is 0.460 e. The Morgan fingerprint density at radius 3 is 1.19 bits per heavy atom. The van der Waals surface area contributed by atoms with Crippen molar-refractivity contribution in [3.05, 3.63) is 0 Å². The molecule has 0 aromatic rings. The normalized spacial score (nSPS) is 15.0. The lowest BCUT2D eigenvalue weighted by Gasteiger charge is -2.39. The highest BCUT2D eigenvalue weighted by molar-refractivity contribution is 7.90. The molecular formula is C11H14F13NO5S. The summed E-state index contributed by atoms with van der Waals surface area (Å²) in [4.78, 5) is 0. The molecule has 0 aliphatic heterocycles. The van der Waals surface area contributed by atoms with E-state index in [1.165, 1.54) is 0 Å². The largest absolute Gasteiger partial charge is 0.460 e. The predicted molar refractivity (Wildman–Crippen MR) is 73.6 cm³/mol. The van der Waals surface area contributed by atoms with Gasteiger partial charge in [-0.15, -0.1) is 0 Å². The van der Waals surface area contributed by atoms with Gasteiger partial charge in [-0.2, -0.15) is 61.4 Å². The molecule has 31 heavy (non-hydrogen) atoms. The van der Waals surface area contributed by atoms with Gasteiger partial charge in [-0.1, -0.05) is 0 Å². The molecule has 0 unspecified atom stereocenters. The van der Waals surface area contributed by atoms with Gasteiger partial charge in [0.2, 0.25) is 0 Å². The highest BCUT2D eigenvalue weighted by Crippen LogP contribution is 2.61. The van der Waals surface area contributed by atoms with Crippen molar-refractivity contribution in [2.45, 2.75) is 35.1 Å². The molecule has 0 amide bonds. The van der Waals surface area contributed by atoms with Gasteiger partial charge in [0.05, 0.1) is 19.8 Å². The summed E-state index contributed by atoms with van der Waals surface area (Å²) in [5.41, 5.74) is 0. The number of rotatable bonds is 9. The van der Waals surface area contributed by atoms with Crippen molar-refractivity contribution in [2.24, 2.45) is 0 Å². The summed E-state index contributed by atoms with van der Waals surface area (Å²) in [6.45, 7) is -3.08. The van der Waals surface area contributed by atoms with Gasteiger partial charge in [-0.05, 0) is 0 Å². The minimum atomic E-state index is -8.20. The van der Waals surface area contributed by atoms with Crippen molar-refractivity contribution in [3.63, 3.8) is 0 Å². The highest BCUT2D eigenvalue weighted by Gasteiger charge is 2.92. The number of hydrogen-bond donors (Lipinski definition) is 3. The zero-order valence-electron chi connectivity index (χ0n) is 14.8. The number of likely N-dealkylation sites (N-methyl/N-ethyl adjacent to an activating group) is 1. The van der Waals surface area contributed by atoms with Crippen LogP contribution in [0.4, 0.5) is 57.1 Å². The van der Waals surface area contributed by atoms with E-state index in [4.69, 9.17) is 15.3 Å². The van der Waals surface area contributed by atoms with E-state index in [1.54, 1.807) is 0 Å². The fourth-order valence-corrected chi connectivity index (χ4v) is 2.54. The van der Waals surface area contributed by atoms with E-state index < -0.39 is 62.6 Å². The fraction of sp³-hybridized carbons (Fsp3) is 1.00. The van der Waals surface area contributed by atoms with Crippen molar-refractivity contribution < 1.29 is 80.8 Å². The Hall–Kier alpha value is -1.12. The second kappa shape index (κ2) is 9.79. The van der Waals surface area contributed by atoms with Crippen LogP contribution in [0.15, 0.2) is 0 Å². The first kappa shape index (κ1) is 32.1. The lowest BCUT2D eigenvalue weighted by molar-refractivity contribution is -0.433. The number of halogens is 13. The molecule has 0 rings (SSSR count). The highest BCUT2D eigenvalue weighted by atomic mass is 32.2. The second-order valence-corrected chi connectivity index (χ2v) is 7.40. The molecule has 0 fully saturated rings. The summed E-state index contributed by atoms with van der Waals surface area (Å²) in [6.07, 6.45) is -7.59. The van der Waals surface area contributed by atoms with E-state index >= 15 is 0 Å². The van der Waals surface area contributed by atoms with E-state index in [9.17, 15) is 65.5 Å². The van der Waals surface area contributed by atoms with Crippen molar-refractivity contribution in [1.29, 1.82) is 0 Å².